The van der Waals surface area contributed by atoms with Gasteiger partial charge in [-0.15, -0.1) is 0 Å². The molecule has 2 aromatic rings. The third kappa shape index (κ3) is 2.82. The Morgan fingerprint density at radius 1 is 1.00 bits per heavy atom. The molecule has 0 aromatic heterocycles. The van der Waals surface area contributed by atoms with E-state index in [1.807, 2.05) is 68.4 Å². The molecule has 1 unspecified atom stereocenters. The molecule has 1 saturated heterocycles. The van der Waals surface area contributed by atoms with Gasteiger partial charge in [0.25, 0.3) is 0 Å². The number of ether oxygens (including phenoxy) is 2. The molecule has 1 aliphatic rings. The first-order chi connectivity index (χ1) is 10.6. The zero-order valence-electron chi connectivity index (χ0n) is 12.9. The van der Waals surface area contributed by atoms with Crippen LogP contribution in [0.25, 0.3) is 0 Å². The fourth-order valence-corrected chi connectivity index (χ4v) is 2.76. The number of hydrogen-bond acceptors (Lipinski definition) is 3. The van der Waals surface area contributed by atoms with Crippen LogP contribution in [0.2, 0.25) is 0 Å². The highest BCUT2D eigenvalue weighted by atomic mass is 16.7. The van der Waals surface area contributed by atoms with Gasteiger partial charge in [-0.1, -0.05) is 61.5 Å². The van der Waals surface area contributed by atoms with E-state index in [0.717, 1.165) is 16.7 Å². The maximum atomic E-state index is 12.5. The largest absolute Gasteiger partial charge is 0.344 e. The normalized spacial score (nSPS) is 18.1. The van der Waals surface area contributed by atoms with Crippen molar-refractivity contribution in [3.63, 3.8) is 0 Å². The monoisotopic (exact) mass is 296 g/mol. The van der Waals surface area contributed by atoms with Gasteiger partial charge in [0.05, 0.1) is 13.2 Å². The van der Waals surface area contributed by atoms with Crippen LogP contribution < -0.4 is 0 Å². The van der Waals surface area contributed by atoms with E-state index in [4.69, 9.17) is 9.47 Å². The van der Waals surface area contributed by atoms with Gasteiger partial charge in [-0.3, -0.25) is 4.79 Å². The first kappa shape index (κ1) is 14.9. The summed E-state index contributed by atoms with van der Waals surface area (Å²) in [6.07, 6.45) is 0. The van der Waals surface area contributed by atoms with Crippen molar-refractivity contribution in [1.82, 2.24) is 0 Å². The van der Waals surface area contributed by atoms with Crippen molar-refractivity contribution in [2.45, 2.75) is 25.6 Å². The summed E-state index contributed by atoms with van der Waals surface area (Å²) in [7, 11) is 0. The van der Waals surface area contributed by atoms with Crippen molar-refractivity contribution in [3.05, 3.63) is 71.3 Å². The molecule has 0 radical (unpaired) electrons. The van der Waals surface area contributed by atoms with Crippen LogP contribution in [0.3, 0.4) is 0 Å². The molecule has 0 N–H and O–H groups in total. The second-order valence-corrected chi connectivity index (χ2v) is 5.72. The molecule has 0 saturated carbocycles. The second kappa shape index (κ2) is 6.03. The number of ketones is 1. The molecule has 1 heterocycles. The molecule has 1 aliphatic heterocycles. The summed E-state index contributed by atoms with van der Waals surface area (Å²) in [5.74, 6) is -0.701. The predicted octanol–water partition coefficient (Wildman–Crippen LogP) is 3.89. The van der Waals surface area contributed by atoms with E-state index in [2.05, 4.69) is 0 Å². The molecular formula is C19H20O3. The van der Waals surface area contributed by atoms with Gasteiger partial charge >= 0.3 is 0 Å². The van der Waals surface area contributed by atoms with E-state index in [0.29, 0.717) is 13.2 Å². The molecule has 1 atom stereocenters. The second-order valence-electron chi connectivity index (χ2n) is 5.72. The number of benzene rings is 2. The highest BCUT2D eigenvalue weighted by Crippen LogP contribution is 2.32. The molecule has 1 fully saturated rings. The SMILES string of the molecule is CC(C(=O)c1ccccc1)c1ccc(C2(C)OCCO2)cc1. The van der Waals surface area contributed by atoms with Crippen LogP contribution in [0, 0.1) is 0 Å². The number of carbonyl (C=O) groups excluding carboxylic acids is 1. The first-order valence-corrected chi connectivity index (χ1v) is 7.58. The van der Waals surface area contributed by atoms with Gasteiger partial charge in [-0.25, -0.2) is 0 Å². The van der Waals surface area contributed by atoms with Gasteiger partial charge in [0.15, 0.2) is 11.6 Å². The minimum absolute atomic E-state index is 0.132. The summed E-state index contributed by atoms with van der Waals surface area (Å²) in [4.78, 5) is 12.5. The molecule has 22 heavy (non-hydrogen) atoms. The summed E-state index contributed by atoms with van der Waals surface area (Å²) >= 11 is 0. The van der Waals surface area contributed by atoms with E-state index < -0.39 is 5.79 Å². The number of hydrogen-bond donors (Lipinski definition) is 0. The number of carbonyl (C=O) groups is 1. The molecule has 3 heteroatoms. The van der Waals surface area contributed by atoms with E-state index in [1.54, 1.807) is 0 Å². The van der Waals surface area contributed by atoms with Crippen LogP contribution in [-0.4, -0.2) is 19.0 Å². The minimum atomic E-state index is -0.662. The lowest BCUT2D eigenvalue weighted by Crippen LogP contribution is -2.22. The standard InChI is InChI=1S/C19H20O3/c1-14(18(20)16-6-4-3-5-7-16)15-8-10-17(11-9-15)19(2)21-12-13-22-19/h3-11,14H,12-13H2,1-2H3. The molecule has 0 aliphatic carbocycles. The van der Waals surface area contributed by atoms with Gasteiger partial charge in [0.2, 0.25) is 0 Å². The first-order valence-electron chi connectivity index (χ1n) is 7.58. The molecule has 0 bridgehead atoms. The third-order valence-corrected chi connectivity index (χ3v) is 4.22. The Morgan fingerprint density at radius 3 is 2.18 bits per heavy atom. The van der Waals surface area contributed by atoms with Crippen LogP contribution in [0.15, 0.2) is 54.6 Å². The van der Waals surface area contributed by atoms with Crippen molar-refractivity contribution in [2.75, 3.05) is 13.2 Å². The fraction of sp³-hybridized carbons (Fsp3) is 0.316. The average molecular weight is 296 g/mol. The Kier molecular flexibility index (Phi) is 4.10. The van der Waals surface area contributed by atoms with E-state index >= 15 is 0 Å². The Hall–Kier alpha value is -1.97. The van der Waals surface area contributed by atoms with Gasteiger partial charge in [0.1, 0.15) is 0 Å². The maximum Gasteiger partial charge on any atom is 0.192 e. The predicted molar refractivity (Wildman–Crippen MR) is 84.9 cm³/mol. The number of Topliss-reactive ketones (excluding diaryl/α,β-unsaturated/α-hetero) is 1. The Balaban J connectivity index is 1.79. The molecular weight excluding hydrogens is 276 g/mol. The summed E-state index contributed by atoms with van der Waals surface area (Å²) in [6.45, 7) is 5.09. The highest BCUT2D eigenvalue weighted by molar-refractivity contribution is 6.00. The highest BCUT2D eigenvalue weighted by Gasteiger charge is 2.33. The van der Waals surface area contributed by atoms with E-state index in [1.165, 1.54) is 0 Å². The summed E-state index contributed by atoms with van der Waals surface area (Å²) in [6, 6.07) is 17.3. The lowest BCUT2D eigenvalue weighted by atomic mass is 9.91. The number of rotatable bonds is 4. The lowest BCUT2D eigenvalue weighted by Gasteiger charge is -2.23. The van der Waals surface area contributed by atoms with Crippen molar-refractivity contribution >= 4 is 5.78 Å². The summed E-state index contributed by atoms with van der Waals surface area (Å²) < 4.78 is 11.3. The molecule has 3 nitrogen and oxygen atoms in total. The maximum absolute atomic E-state index is 12.5. The van der Waals surface area contributed by atoms with Crippen molar-refractivity contribution in [1.29, 1.82) is 0 Å². The van der Waals surface area contributed by atoms with Crippen LogP contribution in [0.1, 0.15) is 41.3 Å². The zero-order valence-corrected chi connectivity index (χ0v) is 12.9. The molecule has 114 valence electrons. The minimum Gasteiger partial charge on any atom is -0.344 e. The van der Waals surface area contributed by atoms with Crippen LogP contribution >= 0.6 is 0 Å². The van der Waals surface area contributed by atoms with Crippen LogP contribution in [-0.2, 0) is 15.3 Å². The molecule has 2 aromatic carbocycles. The van der Waals surface area contributed by atoms with E-state index in [-0.39, 0.29) is 11.7 Å². The topological polar surface area (TPSA) is 35.5 Å². The van der Waals surface area contributed by atoms with Crippen molar-refractivity contribution in [3.8, 4) is 0 Å². The molecule has 0 amide bonds. The van der Waals surface area contributed by atoms with Crippen LogP contribution in [0.5, 0.6) is 0 Å². The molecule has 0 spiro atoms. The van der Waals surface area contributed by atoms with Gasteiger partial charge < -0.3 is 9.47 Å². The summed E-state index contributed by atoms with van der Waals surface area (Å²) in [5, 5.41) is 0. The third-order valence-electron chi connectivity index (χ3n) is 4.22. The fourth-order valence-electron chi connectivity index (χ4n) is 2.76. The average Bonchev–Trinajstić information content (AvgIpc) is 3.02. The Morgan fingerprint density at radius 2 is 1.59 bits per heavy atom. The van der Waals surface area contributed by atoms with E-state index in [9.17, 15) is 4.79 Å². The lowest BCUT2D eigenvalue weighted by molar-refractivity contribution is -0.149. The summed E-state index contributed by atoms with van der Waals surface area (Å²) in [5.41, 5.74) is 2.72. The van der Waals surface area contributed by atoms with Gasteiger partial charge in [0, 0.05) is 17.0 Å². The Bertz CT molecular complexity index is 640. The zero-order chi connectivity index (χ0) is 15.6. The van der Waals surface area contributed by atoms with Crippen molar-refractivity contribution in [2.24, 2.45) is 0 Å². The van der Waals surface area contributed by atoms with Crippen LogP contribution in [0.4, 0.5) is 0 Å². The smallest absolute Gasteiger partial charge is 0.192 e. The van der Waals surface area contributed by atoms with Gasteiger partial charge in [-0.2, -0.15) is 0 Å². The molecule has 3 rings (SSSR count). The van der Waals surface area contributed by atoms with Crippen molar-refractivity contribution < 1.29 is 14.3 Å². The Labute approximate surface area is 130 Å². The quantitative estimate of drug-likeness (QED) is 0.803. The van der Waals surface area contributed by atoms with Gasteiger partial charge in [-0.05, 0) is 12.5 Å².